The van der Waals surface area contributed by atoms with E-state index < -0.39 is 0 Å². The Morgan fingerprint density at radius 2 is 1.70 bits per heavy atom. The predicted octanol–water partition coefficient (Wildman–Crippen LogP) is 4.23. The summed E-state index contributed by atoms with van der Waals surface area (Å²) in [4.78, 5) is 25.4. The molecule has 0 aliphatic carbocycles. The van der Waals surface area contributed by atoms with Gasteiger partial charge in [-0.25, -0.2) is 0 Å². The first-order chi connectivity index (χ1) is 19.5. The zero-order valence-corrected chi connectivity index (χ0v) is 23.1. The van der Waals surface area contributed by atoms with Crippen molar-refractivity contribution in [2.45, 2.75) is 37.3 Å². The molecule has 1 fully saturated rings. The van der Waals surface area contributed by atoms with Crippen molar-refractivity contribution in [3.8, 4) is 11.5 Å². The van der Waals surface area contributed by atoms with E-state index in [2.05, 4.69) is 33.1 Å². The number of likely N-dealkylation sites (tertiary alicyclic amines) is 1. The summed E-state index contributed by atoms with van der Waals surface area (Å²) in [6, 6.07) is 18.0. The number of aliphatic hydroxyl groups excluding tert-OH is 1. The lowest BCUT2D eigenvalue weighted by molar-refractivity contribution is -0.132. The summed E-state index contributed by atoms with van der Waals surface area (Å²) in [5.74, 6) is 1.78. The van der Waals surface area contributed by atoms with Crippen molar-refractivity contribution in [2.24, 2.45) is 0 Å². The van der Waals surface area contributed by atoms with E-state index in [0.717, 1.165) is 47.7 Å². The SMILES string of the molecule is COc1ccc(CN2CC3(CCN(C(=O)Cc4ccncc4)CC3)c3c([nH]c4cc(OC)ccc34)[C@@H]2CO)cc1. The number of H-pyrrole nitrogens is 1. The Labute approximate surface area is 234 Å². The zero-order chi connectivity index (χ0) is 27.7. The lowest BCUT2D eigenvalue weighted by Gasteiger charge is -2.50. The lowest BCUT2D eigenvalue weighted by atomic mass is 9.68. The van der Waals surface area contributed by atoms with Gasteiger partial charge in [-0.15, -0.1) is 0 Å². The summed E-state index contributed by atoms with van der Waals surface area (Å²) in [5, 5.41) is 11.8. The number of nitrogens with zero attached hydrogens (tertiary/aromatic N) is 3. The van der Waals surface area contributed by atoms with Crippen LogP contribution < -0.4 is 9.47 Å². The van der Waals surface area contributed by atoms with Gasteiger partial charge in [-0.05, 0) is 65.9 Å². The largest absolute Gasteiger partial charge is 0.497 e. The smallest absolute Gasteiger partial charge is 0.226 e. The number of aromatic amines is 1. The minimum atomic E-state index is -0.160. The molecule has 2 aliphatic heterocycles. The fourth-order valence-electron chi connectivity index (χ4n) is 6.62. The molecule has 0 unspecified atom stereocenters. The van der Waals surface area contributed by atoms with Crippen LogP contribution in [0.2, 0.25) is 0 Å². The van der Waals surface area contributed by atoms with Gasteiger partial charge >= 0.3 is 0 Å². The van der Waals surface area contributed by atoms with Gasteiger partial charge in [-0.2, -0.15) is 0 Å². The first-order valence-electron chi connectivity index (χ1n) is 13.9. The summed E-state index contributed by atoms with van der Waals surface area (Å²) in [5.41, 5.74) is 5.39. The molecule has 208 valence electrons. The number of hydrogen-bond acceptors (Lipinski definition) is 6. The third-order valence-electron chi connectivity index (χ3n) is 8.74. The molecule has 1 saturated heterocycles. The molecule has 1 atom stereocenters. The van der Waals surface area contributed by atoms with E-state index in [9.17, 15) is 9.90 Å². The minimum Gasteiger partial charge on any atom is -0.497 e. The molecule has 0 saturated carbocycles. The fourth-order valence-corrected chi connectivity index (χ4v) is 6.62. The van der Waals surface area contributed by atoms with Crippen LogP contribution >= 0.6 is 0 Å². The van der Waals surface area contributed by atoms with E-state index in [4.69, 9.17) is 9.47 Å². The van der Waals surface area contributed by atoms with E-state index in [0.29, 0.717) is 26.1 Å². The lowest BCUT2D eigenvalue weighted by Crippen LogP contribution is -2.54. The third kappa shape index (κ3) is 4.82. The predicted molar refractivity (Wildman–Crippen MR) is 154 cm³/mol. The quantitative estimate of drug-likeness (QED) is 0.365. The van der Waals surface area contributed by atoms with E-state index in [1.807, 2.05) is 41.3 Å². The van der Waals surface area contributed by atoms with E-state index >= 15 is 0 Å². The summed E-state index contributed by atoms with van der Waals surface area (Å²) in [7, 11) is 3.35. The Balaban J connectivity index is 1.33. The van der Waals surface area contributed by atoms with E-state index in [-0.39, 0.29) is 24.0 Å². The standard InChI is InChI=1S/C32H36N4O4/c1-39-24-5-3-23(4-6-24)19-36-21-32(11-15-35(16-12-32)29(38)17-22-9-13-33-14-10-22)30-26-8-7-25(40-2)18-27(26)34-31(30)28(36)20-37/h3-10,13-14,18,28,34,37H,11-12,15-17,19-21H2,1-2H3/t28-/m0/s1. The third-order valence-corrected chi connectivity index (χ3v) is 8.74. The molecule has 2 aliphatic rings. The molecule has 2 aromatic carbocycles. The van der Waals surface area contributed by atoms with Gasteiger partial charge in [0.05, 0.1) is 33.3 Å². The number of pyridine rings is 1. The molecule has 4 aromatic rings. The van der Waals surface area contributed by atoms with E-state index in [1.165, 1.54) is 16.5 Å². The van der Waals surface area contributed by atoms with Crippen molar-refractivity contribution >= 4 is 16.8 Å². The average Bonchev–Trinajstić information content (AvgIpc) is 3.38. The second-order valence-corrected chi connectivity index (χ2v) is 11.0. The van der Waals surface area contributed by atoms with Crippen molar-refractivity contribution in [3.63, 3.8) is 0 Å². The number of aromatic nitrogens is 2. The van der Waals surface area contributed by atoms with Crippen LogP contribution in [0.3, 0.4) is 0 Å². The maximum absolute atomic E-state index is 13.2. The Bertz CT molecular complexity index is 1480. The molecule has 8 nitrogen and oxygen atoms in total. The second-order valence-electron chi connectivity index (χ2n) is 11.0. The highest BCUT2D eigenvalue weighted by Gasteiger charge is 2.47. The van der Waals surface area contributed by atoms with Crippen LogP contribution in [0, 0.1) is 0 Å². The number of fused-ring (bicyclic) bond motifs is 4. The van der Waals surface area contributed by atoms with Crippen LogP contribution in [0.15, 0.2) is 67.0 Å². The number of methoxy groups -OCH3 is 2. The summed E-state index contributed by atoms with van der Waals surface area (Å²) in [6.45, 7) is 2.93. The molecule has 4 heterocycles. The summed E-state index contributed by atoms with van der Waals surface area (Å²) < 4.78 is 10.9. The molecule has 1 spiro atoms. The van der Waals surface area contributed by atoms with Crippen LogP contribution in [0.4, 0.5) is 0 Å². The highest BCUT2D eigenvalue weighted by molar-refractivity contribution is 5.88. The fraction of sp³-hybridized carbons (Fsp3) is 0.375. The Hall–Kier alpha value is -3.88. The van der Waals surface area contributed by atoms with Gasteiger partial charge in [0, 0.05) is 66.7 Å². The molecule has 2 aromatic heterocycles. The van der Waals surface area contributed by atoms with Gasteiger partial charge in [-0.3, -0.25) is 14.7 Å². The number of amides is 1. The molecule has 6 rings (SSSR count). The number of aliphatic hydroxyl groups is 1. The van der Waals surface area contributed by atoms with Gasteiger partial charge in [0.2, 0.25) is 5.91 Å². The topological polar surface area (TPSA) is 90.9 Å². The molecular weight excluding hydrogens is 504 g/mol. The number of rotatable bonds is 7. The van der Waals surface area contributed by atoms with Crippen molar-refractivity contribution in [3.05, 3.63) is 89.4 Å². The number of ether oxygens (including phenoxy) is 2. The zero-order valence-electron chi connectivity index (χ0n) is 23.1. The van der Waals surface area contributed by atoms with Crippen LogP contribution in [0.25, 0.3) is 10.9 Å². The van der Waals surface area contributed by atoms with Gasteiger partial charge in [-0.1, -0.05) is 12.1 Å². The van der Waals surface area contributed by atoms with Crippen LogP contribution in [0.1, 0.15) is 41.3 Å². The van der Waals surface area contributed by atoms with Gasteiger partial charge in [0.1, 0.15) is 11.5 Å². The summed E-state index contributed by atoms with van der Waals surface area (Å²) in [6.07, 6.45) is 5.58. The minimum absolute atomic E-state index is 0.0136. The van der Waals surface area contributed by atoms with Crippen molar-refractivity contribution in [1.82, 2.24) is 19.8 Å². The number of nitrogens with one attached hydrogen (secondary N) is 1. The Kier molecular flexibility index (Phi) is 7.21. The highest BCUT2D eigenvalue weighted by atomic mass is 16.5. The maximum atomic E-state index is 13.2. The Morgan fingerprint density at radius 1 is 1.00 bits per heavy atom. The highest BCUT2D eigenvalue weighted by Crippen LogP contribution is 2.49. The normalized spacial score (nSPS) is 18.6. The summed E-state index contributed by atoms with van der Waals surface area (Å²) >= 11 is 0. The molecular formula is C32H36N4O4. The number of benzene rings is 2. The van der Waals surface area contributed by atoms with Crippen molar-refractivity contribution in [1.29, 1.82) is 0 Å². The molecule has 0 radical (unpaired) electrons. The van der Waals surface area contributed by atoms with Crippen LogP contribution in [-0.4, -0.2) is 71.2 Å². The van der Waals surface area contributed by atoms with Crippen molar-refractivity contribution in [2.75, 3.05) is 40.5 Å². The molecule has 0 bridgehead atoms. The number of carbonyl (C=O) groups excluding carboxylic acids is 1. The number of hydrogen-bond donors (Lipinski definition) is 2. The second kappa shape index (κ2) is 10.9. The van der Waals surface area contributed by atoms with Gasteiger partial charge in [0.15, 0.2) is 0 Å². The van der Waals surface area contributed by atoms with E-state index in [1.54, 1.807) is 26.6 Å². The molecule has 1 amide bonds. The Morgan fingerprint density at radius 3 is 2.38 bits per heavy atom. The molecule has 40 heavy (non-hydrogen) atoms. The number of carbonyl (C=O) groups is 1. The van der Waals surface area contributed by atoms with Crippen LogP contribution in [0.5, 0.6) is 11.5 Å². The van der Waals surface area contributed by atoms with Gasteiger partial charge in [0.25, 0.3) is 0 Å². The van der Waals surface area contributed by atoms with Crippen molar-refractivity contribution < 1.29 is 19.4 Å². The maximum Gasteiger partial charge on any atom is 0.226 e. The average molecular weight is 541 g/mol. The van der Waals surface area contributed by atoms with Gasteiger partial charge < -0.3 is 24.5 Å². The first-order valence-corrected chi connectivity index (χ1v) is 13.9. The number of piperidine rings is 1. The monoisotopic (exact) mass is 540 g/mol. The molecule has 2 N–H and O–H groups in total. The van der Waals surface area contributed by atoms with Crippen LogP contribution in [-0.2, 0) is 23.2 Å². The molecule has 8 heteroatoms. The first kappa shape index (κ1) is 26.3.